The predicted octanol–water partition coefficient (Wildman–Crippen LogP) is 3.80. The molecule has 30 heavy (non-hydrogen) atoms. The van der Waals surface area contributed by atoms with Crippen LogP contribution in [0.3, 0.4) is 0 Å². The lowest BCUT2D eigenvalue weighted by atomic mass is 9.93. The van der Waals surface area contributed by atoms with E-state index in [9.17, 15) is 4.79 Å². The van der Waals surface area contributed by atoms with Crippen LogP contribution in [0.1, 0.15) is 36.6 Å². The third-order valence-electron chi connectivity index (χ3n) is 6.38. The van der Waals surface area contributed by atoms with Gasteiger partial charge in [-0.05, 0) is 68.8 Å². The number of likely N-dealkylation sites (tertiary alicyclic amines) is 1. The van der Waals surface area contributed by atoms with Gasteiger partial charge < -0.3 is 14.2 Å². The summed E-state index contributed by atoms with van der Waals surface area (Å²) in [6.07, 6.45) is 12.2. The highest BCUT2D eigenvalue weighted by molar-refractivity contribution is 7.52. The summed E-state index contributed by atoms with van der Waals surface area (Å²) in [6, 6.07) is 2.15. The summed E-state index contributed by atoms with van der Waals surface area (Å²) in [6.45, 7) is 9.64. The van der Waals surface area contributed by atoms with Crippen molar-refractivity contribution in [1.82, 2.24) is 19.2 Å². The fourth-order valence-electron chi connectivity index (χ4n) is 4.65. The van der Waals surface area contributed by atoms with Gasteiger partial charge in [-0.1, -0.05) is 15.5 Å². The fraction of sp³-hybridized carbons (Fsp3) is 0.435. The van der Waals surface area contributed by atoms with Crippen LogP contribution in [0.4, 0.5) is 0 Å². The molecule has 0 saturated carbocycles. The molecule has 2 aromatic rings. The lowest BCUT2D eigenvalue weighted by molar-refractivity contribution is -0.123. The van der Waals surface area contributed by atoms with Crippen molar-refractivity contribution < 1.29 is 4.79 Å². The van der Waals surface area contributed by atoms with E-state index >= 15 is 0 Å². The number of carbonyl (C=O) groups excluding carboxylic acids is 1. The van der Waals surface area contributed by atoms with E-state index in [4.69, 9.17) is 4.99 Å². The fourth-order valence-corrected chi connectivity index (χ4v) is 5.97. The number of amides is 1. The quantitative estimate of drug-likeness (QED) is 0.709. The standard InChI is InChI=1S/C23H28N5OP/c1-4-26-7-5-17(6-8-26)19-14-28-21(29)10-20(30-22(28)11-24-19)18-9-15(2)23-25-16(3)12-27(23)13-18/h9-14,17,22,30H,4-8H2,1-3H3. The summed E-state index contributed by atoms with van der Waals surface area (Å²) in [7, 11) is 0.485. The molecule has 1 fully saturated rings. The number of piperidine rings is 1. The van der Waals surface area contributed by atoms with Crippen LogP contribution in [0.15, 0.2) is 41.4 Å². The Kier molecular flexibility index (Phi) is 5.08. The molecule has 7 heteroatoms. The van der Waals surface area contributed by atoms with Gasteiger partial charge in [-0.15, -0.1) is 0 Å². The minimum atomic E-state index is 0.0255. The Morgan fingerprint density at radius 2 is 2.00 bits per heavy atom. The van der Waals surface area contributed by atoms with Gasteiger partial charge in [0.25, 0.3) is 5.91 Å². The zero-order valence-electron chi connectivity index (χ0n) is 17.8. The van der Waals surface area contributed by atoms with Gasteiger partial charge in [0.05, 0.1) is 17.2 Å². The molecule has 6 nitrogen and oxygen atoms in total. The molecule has 0 aromatic carbocycles. The molecule has 2 aromatic heterocycles. The molecule has 0 N–H and O–H groups in total. The molecule has 2 atom stereocenters. The smallest absolute Gasteiger partial charge is 0.252 e. The molecular formula is C23H28N5OP. The van der Waals surface area contributed by atoms with Crippen molar-refractivity contribution in [3.63, 3.8) is 0 Å². The predicted molar refractivity (Wildman–Crippen MR) is 123 cm³/mol. The SMILES string of the molecule is CCN1CCC(C2=CN3C(=O)C=C(c4cc(C)c5nc(C)cn5c4)PC3C=N2)CC1. The van der Waals surface area contributed by atoms with E-state index in [1.54, 1.807) is 0 Å². The van der Waals surface area contributed by atoms with E-state index in [2.05, 4.69) is 40.4 Å². The Morgan fingerprint density at radius 3 is 2.77 bits per heavy atom. The molecule has 5 heterocycles. The number of allylic oxidation sites excluding steroid dienone is 1. The highest BCUT2D eigenvalue weighted by Crippen LogP contribution is 2.44. The number of nitrogens with zero attached hydrogens (tertiary/aromatic N) is 5. The second-order valence-electron chi connectivity index (χ2n) is 8.46. The maximum Gasteiger partial charge on any atom is 0.252 e. The molecule has 5 rings (SSSR count). The second-order valence-corrected chi connectivity index (χ2v) is 9.88. The van der Waals surface area contributed by atoms with E-state index in [1.807, 2.05) is 36.5 Å². The van der Waals surface area contributed by atoms with Crippen LogP contribution in [0, 0.1) is 19.8 Å². The van der Waals surface area contributed by atoms with Crippen molar-refractivity contribution in [2.75, 3.05) is 19.6 Å². The van der Waals surface area contributed by atoms with Crippen molar-refractivity contribution in [2.24, 2.45) is 10.9 Å². The molecule has 1 saturated heterocycles. The van der Waals surface area contributed by atoms with E-state index in [-0.39, 0.29) is 11.7 Å². The van der Waals surface area contributed by atoms with Gasteiger partial charge in [0.15, 0.2) is 0 Å². The molecule has 3 aliphatic heterocycles. The summed E-state index contributed by atoms with van der Waals surface area (Å²) >= 11 is 0. The monoisotopic (exact) mass is 421 g/mol. The minimum Gasteiger partial charge on any atom is -0.306 e. The summed E-state index contributed by atoms with van der Waals surface area (Å²) in [5, 5.41) is 1.09. The van der Waals surface area contributed by atoms with Crippen molar-refractivity contribution in [3.05, 3.63) is 53.3 Å². The van der Waals surface area contributed by atoms with Gasteiger partial charge in [-0.25, -0.2) is 4.98 Å². The summed E-state index contributed by atoms with van der Waals surface area (Å²) in [4.78, 5) is 26.8. The number of carbonyl (C=O) groups is 1. The number of aliphatic imine (C=N–C) groups is 1. The summed E-state index contributed by atoms with van der Waals surface area (Å²) in [5.74, 6) is 0.543. The van der Waals surface area contributed by atoms with Crippen molar-refractivity contribution in [1.29, 1.82) is 0 Å². The molecule has 2 unspecified atom stereocenters. The zero-order valence-corrected chi connectivity index (χ0v) is 18.8. The lowest BCUT2D eigenvalue weighted by Crippen LogP contribution is -2.39. The molecule has 0 radical (unpaired) electrons. The maximum atomic E-state index is 13.0. The Labute approximate surface area is 179 Å². The van der Waals surface area contributed by atoms with Crippen LogP contribution in [-0.4, -0.2) is 56.7 Å². The molecule has 0 bridgehead atoms. The van der Waals surface area contributed by atoms with Crippen molar-refractivity contribution in [3.8, 4) is 0 Å². The Morgan fingerprint density at radius 1 is 1.20 bits per heavy atom. The Bertz CT molecular complexity index is 1090. The number of pyridine rings is 1. The van der Waals surface area contributed by atoms with E-state index in [0.29, 0.717) is 14.5 Å². The largest absolute Gasteiger partial charge is 0.306 e. The Balaban J connectivity index is 1.39. The normalized spacial score (nSPS) is 23.8. The van der Waals surface area contributed by atoms with Gasteiger partial charge in [0, 0.05) is 36.8 Å². The lowest BCUT2D eigenvalue weighted by Gasteiger charge is -2.36. The number of aryl methyl sites for hydroxylation is 2. The first kappa shape index (κ1) is 19.7. The Hall–Kier alpha value is -2.30. The first-order valence-electron chi connectivity index (χ1n) is 10.8. The van der Waals surface area contributed by atoms with Crippen LogP contribution in [0.25, 0.3) is 11.0 Å². The number of fused-ring (bicyclic) bond motifs is 2. The van der Waals surface area contributed by atoms with Gasteiger partial charge in [-0.2, -0.15) is 0 Å². The molecule has 1 amide bonds. The molecule has 156 valence electrons. The first-order chi connectivity index (χ1) is 14.5. The first-order valence-corrected chi connectivity index (χ1v) is 11.8. The molecule has 0 spiro atoms. The average Bonchev–Trinajstić information content (AvgIpc) is 3.14. The number of rotatable bonds is 3. The molecule has 0 aliphatic carbocycles. The number of imidazole rings is 1. The number of hydrogen-bond acceptors (Lipinski definition) is 4. The molecular weight excluding hydrogens is 393 g/mol. The molecule has 3 aliphatic rings. The third-order valence-corrected chi connectivity index (χ3v) is 7.85. The van der Waals surface area contributed by atoms with Crippen molar-refractivity contribution in [2.45, 2.75) is 39.4 Å². The topological polar surface area (TPSA) is 53.2 Å². The maximum absolute atomic E-state index is 13.0. The van der Waals surface area contributed by atoms with E-state index < -0.39 is 0 Å². The number of aromatic nitrogens is 2. The average molecular weight is 421 g/mol. The highest BCUT2D eigenvalue weighted by Gasteiger charge is 2.32. The van der Waals surface area contributed by atoms with Crippen LogP contribution >= 0.6 is 8.58 Å². The summed E-state index contributed by atoms with van der Waals surface area (Å²) < 4.78 is 2.07. The second kappa shape index (κ2) is 7.75. The zero-order chi connectivity index (χ0) is 20.8. The van der Waals surface area contributed by atoms with Crippen molar-refractivity contribution >= 4 is 31.7 Å². The van der Waals surface area contributed by atoms with Crippen LogP contribution < -0.4 is 0 Å². The van der Waals surface area contributed by atoms with Crippen LogP contribution in [0.5, 0.6) is 0 Å². The third kappa shape index (κ3) is 3.52. The van der Waals surface area contributed by atoms with E-state index in [0.717, 1.165) is 66.0 Å². The highest BCUT2D eigenvalue weighted by atomic mass is 31.1. The van der Waals surface area contributed by atoms with E-state index in [1.165, 1.54) is 0 Å². The van der Waals surface area contributed by atoms with Crippen LogP contribution in [0.2, 0.25) is 0 Å². The van der Waals surface area contributed by atoms with Gasteiger partial charge in [-0.3, -0.25) is 9.79 Å². The number of hydrogen-bond donors (Lipinski definition) is 0. The summed E-state index contributed by atoms with van der Waals surface area (Å²) in [5.41, 5.74) is 5.27. The van der Waals surface area contributed by atoms with Crippen LogP contribution in [-0.2, 0) is 4.79 Å². The minimum absolute atomic E-state index is 0.0255. The van der Waals surface area contributed by atoms with Gasteiger partial charge >= 0.3 is 0 Å². The van der Waals surface area contributed by atoms with Gasteiger partial charge in [0.1, 0.15) is 5.65 Å². The van der Waals surface area contributed by atoms with Gasteiger partial charge in [0.2, 0.25) is 0 Å².